The zero-order valence-corrected chi connectivity index (χ0v) is 16.1. The summed E-state index contributed by atoms with van der Waals surface area (Å²) >= 11 is 0. The van der Waals surface area contributed by atoms with Gasteiger partial charge in [-0.25, -0.2) is 4.99 Å². The number of halogens is 2. The van der Waals surface area contributed by atoms with Crippen LogP contribution in [-0.4, -0.2) is 49.7 Å². The maximum absolute atomic E-state index is 12.6. The van der Waals surface area contributed by atoms with Gasteiger partial charge in [-0.2, -0.15) is 8.78 Å². The molecule has 0 aliphatic heterocycles. The van der Waals surface area contributed by atoms with Crippen LogP contribution in [0.5, 0.6) is 5.75 Å². The Morgan fingerprint density at radius 1 is 1.35 bits per heavy atom. The highest BCUT2D eigenvalue weighted by Gasteiger charge is 2.28. The van der Waals surface area contributed by atoms with Gasteiger partial charge in [-0.3, -0.25) is 4.90 Å². The van der Waals surface area contributed by atoms with E-state index in [-0.39, 0.29) is 12.3 Å². The van der Waals surface area contributed by atoms with E-state index in [1.807, 2.05) is 19.9 Å². The van der Waals surface area contributed by atoms with Gasteiger partial charge in [0.2, 0.25) is 0 Å². The Morgan fingerprint density at radius 3 is 2.69 bits per heavy atom. The summed E-state index contributed by atoms with van der Waals surface area (Å²) in [6.45, 7) is 5.02. The average Bonchev–Trinajstić information content (AvgIpc) is 3.43. The summed E-state index contributed by atoms with van der Waals surface area (Å²) in [5, 5.41) is 6.54. The van der Waals surface area contributed by atoms with Crippen LogP contribution < -0.4 is 15.4 Å². The predicted octanol–water partition coefficient (Wildman–Crippen LogP) is 3.13. The summed E-state index contributed by atoms with van der Waals surface area (Å²) < 4.78 is 29.8. The number of likely N-dealkylation sites (N-methyl/N-ethyl adjacent to an activating group) is 1. The van der Waals surface area contributed by atoms with Crippen molar-refractivity contribution in [2.75, 3.05) is 20.1 Å². The zero-order valence-electron chi connectivity index (χ0n) is 16.1. The largest absolute Gasteiger partial charge is 0.434 e. The van der Waals surface area contributed by atoms with Crippen LogP contribution in [0, 0.1) is 6.92 Å². The van der Waals surface area contributed by atoms with Crippen molar-refractivity contribution in [2.24, 2.45) is 4.99 Å². The minimum atomic E-state index is -2.84. The molecule has 1 fully saturated rings. The Morgan fingerprint density at radius 2 is 2.08 bits per heavy atom. The molecule has 1 aromatic carbocycles. The van der Waals surface area contributed by atoms with Gasteiger partial charge in [0.15, 0.2) is 5.96 Å². The van der Waals surface area contributed by atoms with Gasteiger partial charge in [-0.15, -0.1) is 0 Å². The quantitative estimate of drug-likeness (QED) is 0.519. The first-order chi connectivity index (χ1) is 12.4. The monoisotopic (exact) mass is 368 g/mol. The molecular weight excluding hydrogens is 338 g/mol. The van der Waals surface area contributed by atoms with Gasteiger partial charge in [0.1, 0.15) is 5.75 Å². The van der Waals surface area contributed by atoms with Crippen molar-refractivity contribution in [1.82, 2.24) is 15.5 Å². The topological polar surface area (TPSA) is 48.9 Å². The van der Waals surface area contributed by atoms with Crippen molar-refractivity contribution in [3.8, 4) is 5.75 Å². The van der Waals surface area contributed by atoms with E-state index < -0.39 is 6.61 Å². The van der Waals surface area contributed by atoms with Gasteiger partial charge in [-0.05, 0) is 46.7 Å². The summed E-state index contributed by atoms with van der Waals surface area (Å²) in [6, 6.07) is 6.24. The molecule has 0 aromatic heterocycles. The number of nitrogens with zero attached hydrogens (tertiary/aromatic N) is 2. The maximum Gasteiger partial charge on any atom is 0.387 e. The number of benzene rings is 1. The van der Waals surface area contributed by atoms with Crippen LogP contribution in [0.3, 0.4) is 0 Å². The Labute approximate surface area is 154 Å². The summed E-state index contributed by atoms with van der Waals surface area (Å²) in [4.78, 5) is 6.92. The van der Waals surface area contributed by atoms with Crippen molar-refractivity contribution in [3.05, 3.63) is 29.3 Å². The van der Waals surface area contributed by atoms with Crippen LogP contribution in [-0.2, 0) is 6.54 Å². The van der Waals surface area contributed by atoms with Crippen molar-refractivity contribution >= 4 is 5.96 Å². The lowest BCUT2D eigenvalue weighted by Gasteiger charge is -2.25. The van der Waals surface area contributed by atoms with E-state index in [0.29, 0.717) is 23.6 Å². The lowest BCUT2D eigenvalue weighted by Crippen LogP contribution is -2.45. The molecule has 0 spiro atoms. The first-order valence-electron chi connectivity index (χ1n) is 9.19. The fraction of sp³-hybridized carbons (Fsp3) is 0.632. The number of hydrogen-bond acceptors (Lipinski definition) is 3. The molecule has 1 saturated carbocycles. The molecule has 5 nitrogen and oxygen atoms in total. The van der Waals surface area contributed by atoms with Gasteiger partial charge in [-0.1, -0.05) is 17.7 Å². The fourth-order valence-corrected chi connectivity index (χ4v) is 2.78. The Kier molecular flexibility index (Phi) is 7.63. The molecule has 7 heteroatoms. The normalized spacial score (nSPS) is 16.1. The lowest BCUT2D eigenvalue weighted by molar-refractivity contribution is -0.0504. The summed E-state index contributed by atoms with van der Waals surface area (Å²) in [5.74, 6) is 0.847. The Bertz CT molecular complexity index is 605. The van der Waals surface area contributed by atoms with E-state index in [2.05, 4.69) is 39.2 Å². The summed E-state index contributed by atoms with van der Waals surface area (Å²) in [7, 11) is 2.15. The third-order valence-corrected chi connectivity index (χ3v) is 4.57. The molecular formula is C19H30F2N4O. The number of guanidine groups is 1. The average molecular weight is 368 g/mol. The van der Waals surface area contributed by atoms with Gasteiger partial charge in [0, 0.05) is 30.7 Å². The van der Waals surface area contributed by atoms with Crippen LogP contribution >= 0.6 is 0 Å². The standard InChI is InChI=1S/C19H30F2N4O/c1-5-22-19(23-11-14(3)25(4)16-7-8-16)24-12-15-10-13(2)6-9-17(15)26-18(20)21/h6,9-10,14,16,18H,5,7-8,11-12H2,1-4H3,(H2,22,23,24). The smallest absolute Gasteiger partial charge is 0.387 e. The number of alkyl halides is 2. The van der Waals surface area contributed by atoms with Crippen molar-refractivity contribution in [3.63, 3.8) is 0 Å². The molecule has 0 heterocycles. The van der Waals surface area contributed by atoms with E-state index >= 15 is 0 Å². The van der Waals surface area contributed by atoms with Gasteiger partial charge < -0.3 is 15.4 Å². The molecule has 1 aromatic rings. The number of ether oxygens (including phenoxy) is 1. The second kappa shape index (κ2) is 9.71. The molecule has 0 bridgehead atoms. The number of aryl methyl sites for hydroxylation is 1. The van der Waals surface area contributed by atoms with Crippen LogP contribution in [0.1, 0.15) is 37.8 Å². The van der Waals surface area contributed by atoms with E-state index in [0.717, 1.165) is 18.7 Å². The van der Waals surface area contributed by atoms with Crippen molar-refractivity contribution in [1.29, 1.82) is 0 Å². The SMILES string of the molecule is CCNC(=NCc1cc(C)ccc1OC(F)F)NCC(C)N(C)C1CC1. The molecule has 1 unspecified atom stereocenters. The molecule has 1 aliphatic carbocycles. The molecule has 2 rings (SSSR count). The summed E-state index contributed by atoms with van der Waals surface area (Å²) in [6.07, 6.45) is 2.55. The maximum atomic E-state index is 12.6. The highest BCUT2D eigenvalue weighted by Crippen LogP contribution is 2.26. The highest BCUT2D eigenvalue weighted by molar-refractivity contribution is 5.79. The molecule has 1 atom stereocenters. The minimum Gasteiger partial charge on any atom is -0.434 e. The van der Waals surface area contributed by atoms with Gasteiger partial charge in [0.05, 0.1) is 6.54 Å². The van der Waals surface area contributed by atoms with Crippen LogP contribution in [0.4, 0.5) is 8.78 Å². The molecule has 26 heavy (non-hydrogen) atoms. The summed E-state index contributed by atoms with van der Waals surface area (Å²) in [5.41, 5.74) is 1.63. The van der Waals surface area contributed by atoms with E-state index in [9.17, 15) is 8.78 Å². The molecule has 0 amide bonds. The van der Waals surface area contributed by atoms with Crippen molar-refractivity contribution < 1.29 is 13.5 Å². The molecule has 0 radical (unpaired) electrons. The molecule has 2 N–H and O–H groups in total. The Balaban J connectivity index is 2.00. The first kappa shape index (κ1) is 20.4. The predicted molar refractivity (Wildman–Crippen MR) is 101 cm³/mol. The lowest BCUT2D eigenvalue weighted by atomic mass is 10.1. The highest BCUT2D eigenvalue weighted by atomic mass is 19.3. The van der Waals surface area contributed by atoms with Crippen molar-refractivity contribution in [2.45, 2.75) is 58.9 Å². The van der Waals surface area contributed by atoms with E-state index in [1.54, 1.807) is 12.1 Å². The first-order valence-corrected chi connectivity index (χ1v) is 9.19. The minimum absolute atomic E-state index is 0.173. The van der Waals surface area contributed by atoms with E-state index in [4.69, 9.17) is 0 Å². The number of aliphatic imine (C=N–C) groups is 1. The Hall–Kier alpha value is -1.89. The third kappa shape index (κ3) is 6.44. The van der Waals surface area contributed by atoms with Crippen LogP contribution in [0.2, 0.25) is 0 Å². The second-order valence-electron chi connectivity index (χ2n) is 6.81. The van der Waals surface area contributed by atoms with Crippen LogP contribution in [0.25, 0.3) is 0 Å². The van der Waals surface area contributed by atoms with E-state index in [1.165, 1.54) is 12.8 Å². The molecule has 0 saturated heterocycles. The fourth-order valence-electron chi connectivity index (χ4n) is 2.78. The third-order valence-electron chi connectivity index (χ3n) is 4.57. The van der Waals surface area contributed by atoms with Gasteiger partial charge in [0.25, 0.3) is 0 Å². The zero-order chi connectivity index (χ0) is 19.1. The number of rotatable bonds is 9. The van der Waals surface area contributed by atoms with Gasteiger partial charge >= 0.3 is 6.61 Å². The molecule has 1 aliphatic rings. The number of nitrogens with one attached hydrogen (secondary N) is 2. The van der Waals surface area contributed by atoms with Crippen LogP contribution in [0.15, 0.2) is 23.2 Å². The second-order valence-corrected chi connectivity index (χ2v) is 6.81. The number of hydrogen-bond donors (Lipinski definition) is 2. The molecule has 146 valence electrons.